The Morgan fingerprint density at radius 3 is 2.90 bits per heavy atom. The Labute approximate surface area is 120 Å². The third-order valence-corrected chi connectivity index (χ3v) is 3.42. The fourth-order valence-corrected chi connectivity index (χ4v) is 2.48. The van der Waals surface area contributed by atoms with E-state index in [0.29, 0.717) is 12.5 Å². The zero-order valence-electron chi connectivity index (χ0n) is 12.5. The molecule has 1 aromatic rings. The van der Waals surface area contributed by atoms with Gasteiger partial charge in [-0.1, -0.05) is 0 Å². The van der Waals surface area contributed by atoms with Crippen molar-refractivity contribution in [2.75, 3.05) is 11.9 Å². The summed E-state index contributed by atoms with van der Waals surface area (Å²) in [6.45, 7) is 7.03. The molecule has 1 aliphatic rings. The second-order valence-corrected chi connectivity index (χ2v) is 5.69. The summed E-state index contributed by atoms with van der Waals surface area (Å²) in [5.41, 5.74) is 1.87. The van der Waals surface area contributed by atoms with Gasteiger partial charge in [0.1, 0.15) is 5.75 Å². The molecule has 1 amide bonds. The molecule has 0 spiro atoms. The molecule has 2 N–H and O–H groups in total. The molecular weight excluding hydrogens is 252 g/mol. The van der Waals surface area contributed by atoms with Crippen molar-refractivity contribution in [2.45, 2.75) is 52.2 Å². The van der Waals surface area contributed by atoms with E-state index < -0.39 is 0 Å². The molecule has 1 aliphatic heterocycles. The molecule has 0 saturated carbocycles. The molecule has 4 heteroatoms. The van der Waals surface area contributed by atoms with Gasteiger partial charge in [-0.2, -0.15) is 0 Å². The first kappa shape index (κ1) is 14.9. The topological polar surface area (TPSA) is 50.4 Å². The fourth-order valence-electron chi connectivity index (χ4n) is 2.48. The van der Waals surface area contributed by atoms with Gasteiger partial charge in [0.2, 0.25) is 5.91 Å². The van der Waals surface area contributed by atoms with Crippen molar-refractivity contribution in [1.29, 1.82) is 0 Å². The lowest BCUT2D eigenvalue weighted by molar-refractivity contribution is -0.116. The first-order valence-electron chi connectivity index (χ1n) is 7.35. The molecule has 1 unspecified atom stereocenters. The van der Waals surface area contributed by atoms with Crippen LogP contribution in [0.4, 0.5) is 5.69 Å². The summed E-state index contributed by atoms with van der Waals surface area (Å²) in [6, 6.07) is 6.10. The summed E-state index contributed by atoms with van der Waals surface area (Å²) >= 11 is 0. The van der Waals surface area contributed by atoms with Crippen LogP contribution < -0.4 is 15.4 Å². The van der Waals surface area contributed by atoms with Gasteiger partial charge in [0, 0.05) is 18.2 Å². The van der Waals surface area contributed by atoms with Crippen LogP contribution in [-0.4, -0.2) is 24.6 Å². The highest BCUT2D eigenvalue weighted by Crippen LogP contribution is 2.23. The Bertz CT molecular complexity index is 466. The number of benzene rings is 1. The van der Waals surface area contributed by atoms with Crippen molar-refractivity contribution in [1.82, 2.24) is 5.32 Å². The largest absolute Gasteiger partial charge is 0.491 e. The molecule has 20 heavy (non-hydrogen) atoms. The second kappa shape index (κ2) is 6.75. The number of carbonyl (C=O) groups excluding carboxylic acids is 1. The van der Waals surface area contributed by atoms with Crippen molar-refractivity contribution >= 4 is 11.6 Å². The lowest BCUT2D eigenvalue weighted by Gasteiger charge is -2.14. The number of hydrogen-bond donors (Lipinski definition) is 2. The number of hydrogen-bond acceptors (Lipinski definition) is 3. The molecule has 0 aromatic heterocycles. The molecule has 1 saturated heterocycles. The van der Waals surface area contributed by atoms with Gasteiger partial charge in [-0.05, 0) is 63.9 Å². The van der Waals surface area contributed by atoms with Crippen LogP contribution in [0.15, 0.2) is 18.2 Å². The van der Waals surface area contributed by atoms with E-state index in [-0.39, 0.29) is 12.0 Å². The third-order valence-electron chi connectivity index (χ3n) is 3.42. The zero-order chi connectivity index (χ0) is 14.5. The minimum absolute atomic E-state index is 0.0707. The van der Waals surface area contributed by atoms with E-state index in [1.807, 2.05) is 39.0 Å². The summed E-state index contributed by atoms with van der Waals surface area (Å²) in [5.74, 6) is 0.941. The lowest BCUT2D eigenvalue weighted by atomic mass is 10.1. The van der Waals surface area contributed by atoms with E-state index in [9.17, 15) is 4.79 Å². The monoisotopic (exact) mass is 276 g/mol. The number of aryl methyl sites for hydroxylation is 1. The molecule has 1 heterocycles. The van der Waals surface area contributed by atoms with E-state index in [2.05, 4.69) is 10.6 Å². The van der Waals surface area contributed by atoms with E-state index in [4.69, 9.17) is 4.74 Å². The molecule has 1 atom stereocenters. The predicted molar refractivity (Wildman–Crippen MR) is 81.2 cm³/mol. The van der Waals surface area contributed by atoms with Crippen LogP contribution in [0.25, 0.3) is 0 Å². The number of rotatable bonds is 5. The Morgan fingerprint density at radius 2 is 2.30 bits per heavy atom. The maximum absolute atomic E-state index is 12.0. The average molecular weight is 276 g/mol. The predicted octanol–water partition coefficient (Wildman–Crippen LogP) is 2.86. The quantitative estimate of drug-likeness (QED) is 0.869. The van der Waals surface area contributed by atoms with Gasteiger partial charge in [-0.15, -0.1) is 0 Å². The lowest BCUT2D eigenvalue weighted by Crippen LogP contribution is -2.27. The minimum Gasteiger partial charge on any atom is -0.491 e. The Hall–Kier alpha value is -1.55. The third kappa shape index (κ3) is 4.23. The minimum atomic E-state index is 0.0707. The number of nitrogens with one attached hydrogen (secondary N) is 2. The van der Waals surface area contributed by atoms with Gasteiger partial charge < -0.3 is 15.4 Å². The first-order chi connectivity index (χ1) is 9.54. The molecule has 1 aromatic carbocycles. The van der Waals surface area contributed by atoms with Crippen LogP contribution in [0.3, 0.4) is 0 Å². The highest BCUT2D eigenvalue weighted by Gasteiger charge is 2.17. The second-order valence-electron chi connectivity index (χ2n) is 5.69. The van der Waals surface area contributed by atoms with Crippen molar-refractivity contribution in [3.05, 3.63) is 23.8 Å². The summed E-state index contributed by atoms with van der Waals surface area (Å²) < 4.78 is 5.69. The van der Waals surface area contributed by atoms with Gasteiger partial charge in [0.15, 0.2) is 0 Å². The zero-order valence-corrected chi connectivity index (χ0v) is 12.5. The number of carbonyl (C=O) groups is 1. The number of ether oxygens (including phenoxy) is 1. The van der Waals surface area contributed by atoms with Gasteiger partial charge >= 0.3 is 0 Å². The number of amides is 1. The Kier molecular flexibility index (Phi) is 5.01. The smallest absolute Gasteiger partial charge is 0.225 e. The Balaban J connectivity index is 1.92. The summed E-state index contributed by atoms with van der Waals surface area (Å²) in [4.78, 5) is 12.0. The van der Waals surface area contributed by atoms with Gasteiger partial charge in [0.25, 0.3) is 0 Å². The normalized spacial score (nSPS) is 18.3. The molecule has 1 fully saturated rings. The van der Waals surface area contributed by atoms with Crippen LogP contribution in [0, 0.1) is 6.92 Å². The van der Waals surface area contributed by atoms with Crippen LogP contribution in [0.1, 0.15) is 38.7 Å². The SMILES string of the molecule is Cc1cc(NC(=O)CC2CCCN2)ccc1OC(C)C. The van der Waals surface area contributed by atoms with Crippen LogP contribution in [0.2, 0.25) is 0 Å². The van der Waals surface area contributed by atoms with Gasteiger partial charge in [0.05, 0.1) is 6.10 Å². The van der Waals surface area contributed by atoms with Gasteiger partial charge in [-0.3, -0.25) is 4.79 Å². The summed E-state index contributed by atoms with van der Waals surface area (Å²) in [7, 11) is 0. The van der Waals surface area contributed by atoms with Gasteiger partial charge in [-0.25, -0.2) is 0 Å². The summed E-state index contributed by atoms with van der Waals surface area (Å²) in [6.07, 6.45) is 2.96. The van der Waals surface area contributed by atoms with E-state index in [1.54, 1.807) is 0 Å². The molecular formula is C16H24N2O2. The first-order valence-corrected chi connectivity index (χ1v) is 7.35. The maximum Gasteiger partial charge on any atom is 0.225 e. The van der Waals surface area contributed by atoms with Crippen LogP contribution >= 0.6 is 0 Å². The molecule has 4 nitrogen and oxygen atoms in total. The van der Waals surface area contributed by atoms with E-state index >= 15 is 0 Å². The highest BCUT2D eigenvalue weighted by molar-refractivity contribution is 5.91. The molecule has 2 rings (SSSR count). The van der Waals surface area contributed by atoms with Crippen LogP contribution in [-0.2, 0) is 4.79 Å². The number of anilines is 1. The van der Waals surface area contributed by atoms with Crippen LogP contribution in [0.5, 0.6) is 5.75 Å². The molecule has 110 valence electrons. The summed E-state index contributed by atoms with van der Waals surface area (Å²) in [5, 5.41) is 6.29. The highest BCUT2D eigenvalue weighted by atomic mass is 16.5. The van der Waals surface area contributed by atoms with Crippen molar-refractivity contribution in [3.63, 3.8) is 0 Å². The van der Waals surface area contributed by atoms with Crippen molar-refractivity contribution in [3.8, 4) is 5.75 Å². The average Bonchev–Trinajstić information content (AvgIpc) is 2.85. The molecule has 0 radical (unpaired) electrons. The Morgan fingerprint density at radius 1 is 1.50 bits per heavy atom. The van der Waals surface area contributed by atoms with E-state index in [0.717, 1.165) is 36.4 Å². The standard InChI is InChI=1S/C16H24N2O2/c1-11(2)20-15-7-6-14(9-12(15)3)18-16(19)10-13-5-4-8-17-13/h6-7,9,11,13,17H,4-5,8,10H2,1-3H3,(H,18,19). The maximum atomic E-state index is 12.0. The van der Waals surface area contributed by atoms with E-state index in [1.165, 1.54) is 0 Å². The van der Waals surface area contributed by atoms with Crippen molar-refractivity contribution < 1.29 is 9.53 Å². The van der Waals surface area contributed by atoms with Crippen molar-refractivity contribution in [2.24, 2.45) is 0 Å². The molecule has 0 aliphatic carbocycles. The molecule has 0 bridgehead atoms. The fraction of sp³-hybridized carbons (Fsp3) is 0.562.